The number of aromatic nitrogens is 4. The SMILES string of the molecule is O=C(NCc1cccnc1)c1ccn2c(-c3ccc(F)cc3)nnc2c1. The molecule has 1 amide bonds. The third-order valence-corrected chi connectivity index (χ3v) is 3.95. The number of carbonyl (C=O) groups excluding carboxylic acids is 1. The first-order valence-corrected chi connectivity index (χ1v) is 7.98. The van der Waals surface area contributed by atoms with E-state index in [9.17, 15) is 9.18 Å². The van der Waals surface area contributed by atoms with Gasteiger partial charge < -0.3 is 5.32 Å². The fourth-order valence-corrected chi connectivity index (χ4v) is 2.61. The van der Waals surface area contributed by atoms with Gasteiger partial charge in [-0.2, -0.15) is 0 Å². The highest BCUT2D eigenvalue weighted by Gasteiger charge is 2.11. The molecule has 26 heavy (non-hydrogen) atoms. The van der Waals surface area contributed by atoms with E-state index in [2.05, 4.69) is 20.5 Å². The van der Waals surface area contributed by atoms with E-state index in [0.717, 1.165) is 11.1 Å². The maximum Gasteiger partial charge on any atom is 0.251 e. The Balaban J connectivity index is 1.56. The normalized spacial score (nSPS) is 10.8. The van der Waals surface area contributed by atoms with Gasteiger partial charge >= 0.3 is 0 Å². The number of nitrogens with zero attached hydrogens (tertiary/aromatic N) is 4. The Morgan fingerprint density at radius 3 is 2.73 bits per heavy atom. The topological polar surface area (TPSA) is 72.2 Å². The van der Waals surface area contributed by atoms with Crippen molar-refractivity contribution in [3.05, 3.63) is 84.1 Å². The zero-order valence-electron chi connectivity index (χ0n) is 13.6. The van der Waals surface area contributed by atoms with Gasteiger partial charge in [0.15, 0.2) is 11.5 Å². The van der Waals surface area contributed by atoms with Gasteiger partial charge in [0.2, 0.25) is 0 Å². The quantitative estimate of drug-likeness (QED) is 0.616. The number of benzene rings is 1. The van der Waals surface area contributed by atoms with Crippen molar-refractivity contribution < 1.29 is 9.18 Å². The number of pyridine rings is 2. The van der Waals surface area contributed by atoms with E-state index in [4.69, 9.17) is 0 Å². The van der Waals surface area contributed by atoms with Gasteiger partial charge in [0, 0.05) is 36.3 Å². The Hall–Kier alpha value is -3.61. The van der Waals surface area contributed by atoms with Crippen LogP contribution in [-0.2, 0) is 6.54 Å². The molecule has 1 aromatic carbocycles. The molecule has 0 unspecified atom stereocenters. The summed E-state index contributed by atoms with van der Waals surface area (Å²) in [5.41, 5.74) is 2.69. The highest BCUT2D eigenvalue weighted by atomic mass is 19.1. The smallest absolute Gasteiger partial charge is 0.251 e. The van der Waals surface area contributed by atoms with Crippen LogP contribution in [0.25, 0.3) is 17.0 Å². The van der Waals surface area contributed by atoms with Crippen LogP contribution in [0.2, 0.25) is 0 Å². The van der Waals surface area contributed by atoms with Crippen LogP contribution >= 0.6 is 0 Å². The van der Waals surface area contributed by atoms with Crippen LogP contribution in [0.1, 0.15) is 15.9 Å². The summed E-state index contributed by atoms with van der Waals surface area (Å²) in [6.45, 7) is 0.394. The van der Waals surface area contributed by atoms with Gasteiger partial charge in [-0.3, -0.25) is 14.2 Å². The molecule has 0 saturated heterocycles. The lowest BCUT2D eigenvalue weighted by Gasteiger charge is -2.06. The molecule has 0 saturated carbocycles. The van der Waals surface area contributed by atoms with Crippen molar-refractivity contribution in [2.75, 3.05) is 0 Å². The van der Waals surface area contributed by atoms with Crippen molar-refractivity contribution in [3.63, 3.8) is 0 Å². The van der Waals surface area contributed by atoms with Gasteiger partial charge in [-0.15, -0.1) is 10.2 Å². The Labute approximate surface area is 148 Å². The second-order valence-electron chi connectivity index (χ2n) is 5.72. The Kier molecular flexibility index (Phi) is 4.10. The van der Waals surface area contributed by atoms with Gasteiger partial charge in [0.1, 0.15) is 5.82 Å². The fraction of sp³-hybridized carbons (Fsp3) is 0.0526. The minimum absolute atomic E-state index is 0.206. The van der Waals surface area contributed by atoms with Crippen molar-refractivity contribution >= 4 is 11.6 Å². The van der Waals surface area contributed by atoms with E-state index >= 15 is 0 Å². The van der Waals surface area contributed by atoms with E-state index in [1.807, 2.05) is 12.1 Å². The molecule has 0 radical (unpaired) electrons. The van der Waals surface area contributed by atoms with E-state index < -0.39 is 0 Å². The minimum atomic E-state index is -0.310. The molecule has 4 rings (SSSR count). The van der Waals surface area contributed by atoms with Crippen LogP contribution in [0.3, 0.4) is 0 Å². The molecule has 0 atom stereocenters. The van der Waals surface area contributed by atoms with Crippen LogP contribution in [0.4, 0.5) is 4.39 Å². The number of rotatable bonds is 4. The molecule has 0 aliphatic carbocycles. The molecule has 3 heterocycles. The number of hydrogen-bond acceptors (Lipinski definition) is 4. The highest BCUT2D eigenvalue weighted by molar-refractivity contribution is 5.95. The molecular weight excluding hydrogens is 333 g/mol. The molecule has 7 heteroatoms. The molecule has 0 bridgehead atoms. The van der Waals surface area contributed by atoms with Gasteiger partial charge in [-0.25, -0.2) is 4.39 Å². The van der Waals surface area contributed by atoms with Crippen LogP contribution < -0.4 is 5.32 Å². The Morgan fingerprint density at radius 1 is 1.12 bits per heavy atom. The zero-order chi connectivity index (χ0) is 17.9. The molecule has 128 valence electrons. The lowest BCUT2D eigenvalue weighted by Crippen LogP contribution is -2.22. The molecule has 0 spiro atoms. The van der Waals surface area contributed by atoms with Crippen molar-refractivity contribution in [1.29, 1.82) is 0 Å². The molecule has 3 aromatic heterocycles. The van der Waals surface area contributed by atoms with Crippen LogP contribution in [-0.4, -0.2) is 25.5 Å². The second-order valence-corrected chi connectivity index (χ2v) is 5.72. The molecule has 1 N–H and O–H groups in total. The predicted molar refractivity (Wildman–Crippen MR) is 93.8 cm³/mol. The van der Waals surface area contributed by atoms with Gasteiger partial charge in [-0.05, 0) is 48.0 Å². The summed E-state index contributed by atoms with van der Waals surface area (Å²) in [6.07, 6.45) is 5.12. The average Bonchev–Trinajstić information content (AvgIpc) is 3.11. The van der Waals surface area contributed by atoms with Crippen LogP contribution in [0.5, 0.6) is 0 Å². The van der Waals surface area contributed by atoms with Crippen molar-refractivity contribution in [2.45, 2.75) is 6.54 Å². The van der Waals surface area contributed by atoms with Crippen molar-refractivity contribution in [2.24, 2.45) is 0 Å². The predicted octanol–water partition coefficient (Wildman–Crippen LogP) is 2.86. The molecule has 6 nitrogen and oxygen atoms in total. The third-order valence-electron chi connectivity index (χ3n) is 3.95. The second kappa shape index (κ2) is 6.72. The minimum Gasteiger partial charge on any atom is -0.348 e. The summed E-state index contributed by atoms with van der Waals surface area (Å²) in [5.74, 6) is 0.0696. The number of nitrogens with one attached hydrogen (secondary N) is 1. The number of halogens is 1. The van der Waals surface area contributed by atoms with E-state index in [0.29, 0.717) is 23.6 Å². The molecule has 0 fully saturated rings. The Morgan fingerprint density at radius 2 is 1.96 bits per heavy atom. The van der Waals surface area contributed by atoms with Crippen molar-refractivity contribution in [3.8, 4) is 11.4 Å². The van der Waals surface area contributed by atoms with Crippen molar-refractivity contribution in [1.82, 2.24) is 24.9 Å². The molecule has 0 aliphatic heterocycles. The summed E-state index contributed by atoms with van der Waals surface area (Å²) in [5, 5.41) is 11.1. The standard InChI is InChI=1S/C19H14FN5O/c20-16-5-3-14(4-6-16)18-24-23-17-10-15(7-9-25(17)18)19(26)22-12-13-2-1-8-21-11-13/h1-11H,12H2,(H,22,26). The number of hydrogen-bond donors (Lipinski definition) is 1. The van der Waals surface area contributed by atoms with Crippen LogP contribution in [0, 0.1) is 5.82 Å². The fourth-order valence-electron chi connectivity index (χ4n) is 2.61. The number of fused-ring (bicyclic) bond motifs is 1. The maximum absolute atomic E-state index is 13.1. The monoisotopic (exact) mass is 347 g/mol. The summed E-state index contributed by atoms with van der Waals surface area (Å²) in [6, 6.07) is 13.1. The average molecular weight is 347 g/mol. The van der Waals surface area contributed by atoms with Gasteiger partial charge in [-0.1, -0.05) is 6.07 Å². The largest absolute Gasteiger partial charge is 0.348 e. The zero-order valence-corrected chi connectivity index (χ0v) is 13.6. The summed E-state index contributed by atoms with van der Waals surface area (Å²) in [7, 11) is 0. The maximum atomic E-state index is 13.1. The van der Waals surface area contributed by atoms with Gasteiger partial charge in [0.25, 0.3) is 5.91 Å². The van der Waals surface area contributed by atoms with Crippen LogP contribution in [0.15, 0.2) is 67.1 Å². The van der Waals surface area contributed by atoms with E-state index in [-0.39, 0.29) is 11.7 Å². The lowest BCUT2D eigenvalue weighted by atomic mass is 10.2. The summed E-state index contributed by atoms with van der Waals surface area (Å²) >= 11 is 0. The molecule has 0 aliphatic rings. The van der Waals surface area contributed by atoms with E-state index in [1.54, 1.807) is 47.3 Å². The summed E-state index contributed by atoms with van der Waals surface area (Å²) < 4.78 is 14.8. The Bertz CT molecular complexity index is 1060. The highest BCUT2D eigenvalue weighted by Crippen LogP contribution is 2.19. The molecular formula is C19H14FN5O. The number of carbonyl (C=O) groups is 1. The summed E-state index contributed by atoms with van der Waals surface area (Å²) in [4.78, 5) is 16.4. The first kappa shape index (κ1) is 15.9. The third kappa shape index (κ3) is 3.14. The molecule has 4 aromatic rings. The number of amides is 1. The first-order chi connectivity index (χ1) is 12.7. The van der Waals surface area contributed by atoms with Gasteiger partial charge in [0.05, 0.1) is 0 Å². The first-order valence-electron chi connectivity index (χ1n) is 7.98. The lowest BCUT2D eigenvalue weighted by molar-refractivity contribution is 0.0951. The van der Waals surface area contributed by atoms with E-state index in [1.165, 1.54) is 12.1 Å².